The standard InChI is InChI=1S/C28H22N8O6/c29-21-22(24(38)23(21)37)33-16-3-1-2-13(8-16)11-30-26(39)19-10-20(32-12-31-19)27(40)34-18-7-5-14-9-15(4-6-17(14)18)25-35-28(41)42-36-25/h1-4,6,8-10,12,18,33H,5,7,11,29H2,(H,30,39)(H,34,40)(H,35,36,41)/t18-/m0/s1. The number of amides is 2. The second-order valence-corrected chi connectivity index (χ2v) is 9.67. The Morgan fingerprint density at radius 2 is 1.81 bits per heavy atom. The van der Waals surface area contributed by atoms with Crippen molar-refractivity contribution in [2.24, 2.45) is 0 Å². The molecule has 0 saturated carbocycles. The molecular weight excluding hydrogens is 544 g/mol. The van der Waals surface area contributed by atoms with E-state index < -0.39 is 28.4 Å². The van der Waals surface area contributed by atoms with Gasteiger partial charge < -0.3 is 21.7 Å². The van der Waals surface area contributed by atoms with Gasteiger partial charge in [0.25, 0.3) is 22.7 Å². The molecule has 6 rings (SSSR count). The number of aryl methyl sites for hydroxylation is 1. The molecule has 14 nitrogen and oxygen atoms in total. The maximum absolute atomic E-state index is 13.0. The lowest BCUT2D eigenvalue weighted by Crippen LogP contribution is -2.36. The Bertz CT molecular complexity index is 1990. The van der Waals surface area contributed by atoms with Crippen LogP contribution in [0.1, 0.15) is 50.1 Å². The predicted molar refractivity (Wildman–Crippen MR) is 150 cm³/mol. The number of benzene rings is 2. The Kier molecular flexibility index (Phi) is 6.62. The van der Waals surface area contributed by atoms with Gasteiger partial charge >= 0.3 is 5.76 Å². The van der Waals surface area contributed by atoms with Crippen LogP contribution in [-0.2, 0) is 13.0 Å². The lowest BCUT2D eigenvalue weighted by atomic mass is 10.0. The average Bonchev–Trinajstić information content (AvgIpc) is 3.63. The van der Waals surface area contributed by atoms with E-state index in [2.05, 4.69) is 40.6 Å². The fourth-order valence-corrected chi connectivity index (χ4v) is 4.82. The number of anilines is 3. The molecule has 0 radical (unpaired) electrons. The maximum atomic E-state index is 13.0. The monoisotopic (exact) mass is 566 g/mol. The number of hydrogen-bond acceptors (Lipinski definition) is 11. The normalized spacial score (nSPS) is 14.0. The third-order valence-electron chi connectivity index (χ3n) is 6.97. The molecule has 0 fully saturated rings. The molecule has 0 unspecified atom stereocenters. The minimum Gasteiger partial charge on any atom is -0.394 e. The summed E-state index contributed by atoms with van der Waals surface area (Å²) in [7, 11) is 0. The van der Waals surface area contributed by atoms with Gasteiger partial charge in [0, 0.05) is 23.9 Å². The van der Waals surface area contributed by atoms with Gasteiger partial charge in [-0.2, -0.15) is 0 Å². The highest BCUT2D eigenvalue weighted by atomic mass is 16.5. The summed E-state index contributed by atoms with van der Waals surface area (Å²) in [4.78, 5) is 70.6. The summed E-state index contributed by atoms with van der Waals surface area (Å²) in [5, 5.41) is 12.2. The third-order valence-corrected chi connectivity index (χ3v) is 6.97. The number of aromatic amines is 1. The van der Waals surface area contributed by atoms with Crippen molar-refractivity contribution in [2.75, 3.05) is 11.1 Å². The third kappa shape index (κ3) is 5.03. The molecule has 3 aromatic carbocycles. The Morgan fingerprint density at radius 1 is 1.00 bits per heavy atom. The fourth-order valence-electron chi connectivity index (χ4n) is 4.82. The first-order valence-electron chi connectivity index (χ1n) is 12.8. The van der Waals surface area contributed by atoms with E-state index in [1.54, 1.807) is 30.3 Å². The lowest BCUT2D eigenvalue weighted by molar-refractivity contribution is 0.0931. The molecule has 42 heavy (non-hydrogen) atoms. The van der Waals surface area contributed by atoms with E-state index in [0.717, 1.165) is 17.5 Å². The lowest BCUT2D eigenvalue weighted by Gasteiger charge is -2.14. The van der Waals surface area contributed by atoms with Crippen molar-refractivity contribution in [3.8, 4) is 11.4 Å². The van der Waals surface area contributed by atoms with E-state index in [9.17, 15) is 24.0 Å². The van der Waals surface area contributed by atoms with E-state index in [0.29, 0.717) is 35.5 Å². The number of nitrogens with zero attached hydrogens (tertiary/aromatic N) is 3. The number of rotatable bonds is 8. The van der Waals surface area contributed by atoms with Crippen molar-refractivity contribution in [3.63, 3.8) is 0 Å². The first kappa shape index (κ1) is 26.3. The summed E-state index contributed by atoms with van der Waals surface area (Å²) in [6.07, 6.45) is 2.53. The average molecular weight is 567 g/mol. The summed E-state index contributed by atoms with van der Waals surface area (Å²) in [6.45, 7) is 0.129. The zero-order chi connectivity index (χ0) is 29.4. The highest BCUT2D eigenvalue weighted by Gasteiger charge is 2.26. The molecule has 210 valence electrons. The Morgan fingerprint density at radius 3 is 2.57 bits per heavy atom. The molecular formula is C28H22N8O6. The van der Waals surface area contributed by atoms with Crippen molar-refractivity contribution in [3.05, 3.63) is 114 Å². The van der Waals surface area contributed by atoms with Crippen LogP contribution in [0.3, 0.4) is 0 Å². The van der Waals surface area contributed by atoms with Crippen LogP contribution in [-0.4, -0.2) is 31.9 Å². The van der Waals surface area contributed by atoms with Crippen LogP contribution in [0.2, 0.25) is 0 Å². The number of aromatic nitrogens is 4. The Labute approximate surface area is 235 Å². The molecule has 0 bridgehead atoms. The number of carbonyl (C=O) groups is 2. The highest BCUT2D eigenvalue weighted by Crippen LogP contribution is 2.33. The topological polar surface area (TPSA) is 215 Å². The zero-order valence-corrected chi connectivity index (χ0v) is 21.8. The van der Waals surface area contributed by atoms with E-state index in [1.807, 2.05) is 12.1 Å². The van der Waals surface area contributed by atoms with Crippen LogP contribution in [0.5, 0.6) is 0 Å². The van der Waals surface area contributed by atoms with Crippen LogP contribution in [0, 0.1) is 0 Å². The largest absolute Gasteiger partial charge is 0.439 e. The number of nitrogen functional groups attached to an aromatic ring is 1. The van der Waals surface area contributed by atoms with E-state index in [-0.39, 0.29) is 35.3 Å². The molecule has 6 N–H and O–H groups in total. The molecule has 1 aliphatic rings. The number of H-pyrrole nitrogens is 1. The molecule has 2 amide bonds. The number of hydrogen-bond donors (Lipinski definition) is 5. The summed E-state index contributed by atoms with van der Waals surface area (Å²) >= 11 is 0. The highest BCUT2D eigenvalue weighted by molar-refractivity contribution is 5.97. The molecule has 0 spiro atoms. The van der Waals surface area contributed by atoms with Gasteiger partial charge in [0.05, 0.1) is 6.04 Å². The van der Waals surface area contributed by atoms with Gasteiger partial charge in [-0.25, -0.2) is 14.8 Å². The van der Waals surface area contributed by atoms with Crippen LogP contribution in [0.4, 0.5) is 17.1 Å². The van der Waals surface area contributed by atoms with E-state index in [4.69, 9.17) is 5.73 Å². The second-order valence-electron chi connectivity index (χ2n) is 9.67. The SMILES string of the molecule is Nc1c(Nc2cccc(CNC(=O)c3cc(C(=O)N[C@H]4CCc5cc(-c6noc(=O)[nH]6)ccc54)ncn3)c2)c(=O)c1=O. The number of fused-ring (bicyclic) bond motifs is 1. The van der Waals surface area contributed by atoms with Gasteiger partial charge in [-0.05, 0) is 47.7 Å². The number of nitrogens with two attached hydrogens (primary N) is 1. The molecule has 0 aliphatic heterocycles. The fraction of sp³-hybridized carbons (Fsp3) is 0.143. The van der Waals surface area contributed by atoms with Crippen molar-refractivity contribution in [2.45, 2.75) is 25.4 Å². The van der Waals surface area contributed by atoms with Crippen molar-refractivity contribution < 1.29 is 14.1 Å². The molecule has 5 aromatic rings. The molecule has 2 heterocycles. The van der Waals surface area contributed by atoms with Crippen LogP contribution in [0.15, 0.2) is 73.8 Å². The Balaban J connectivity index is 1.08. The van der Waals surface area contributed by atoms with Crippen molar-refractivity contribution >= 4 is 28.9 Å². The molecule has 14 heteroatoms. The molecule has 1 atom stereocenters. The van der Waals surface area contributed by atoms with Gasteiger partial charge in [0.15, 0.2) is 5.82 Å². The summed E-state index contributed by atoms with van der Waals surface area (Å²) in [5.74, 6) is -1.27. The Hall–Kier alpha value is -5.92. The quantitative estimate of drug-likeness (QED) is 0.168. The van der Waals surface area contributed by atoms with E-state index >= 15 is 0 Å². The van der Waals surface area contributed by atoms with Crippen LogP contribution in [0.25, 0.3) is 11.4 Å². The minimum atomic E-state index is -0.718. The number of carbonyl (C=O) groups excluding carboxylic acids is 2. The van der Waals surface area contributed by atoms with E-state index in [1.165, 1.54) is 6.07 Å². The molecule has 1 aliphatic carbocycles. The number of nitrogens with one attached hydrogen (secondary N) is 4. The predicted octanol–water partition coefficient (Wildman–Crippen LogP) is 1.09. The van der Waals surface area contributed by atoms with Crippen LogP contribution < -0.4 is 38.3 Å². The minimum absolute atomic E-state index is 0.0130. The van der Waals surface area contributed by atoms with Crippen molar-refractivity contribution in [1.82, 2.24) is 30.7 Å². The summed E-state index contributed by atoms with van der Waals surface area (Å²) < 4.78 is 4.57. The van der Waals surface area contributed by atoms with Gasteiger partial charge in [0.2, 0.25) is 0 Å². The van der Waals surface area contributed by atoms with Gasteiger partial charge in [-0.15, -0.1) is 0 Å². The first-order chi connectivity index (χ1) is 20.3. The summed E-state index contributed by atoms with van der Waals surface area (Å²) in [5.41, 5.74) is 8.03. The van der Waals surface area contributed by atoms with Gasteiger partial charge in [-0.3, -0.25) is 28.7 Å². The smallest absolute Gasteiger partial charge is 0.394 e. The summed E-state index contributed by atoms with van der Waals surface area (Å²) in [6, 6.07) is 13.5. The van der Waals surface area contributed by atoms with Crippen molar-refractivity contribution in [1.29, 1.82) is 0 Å². The first-order valence-corrected chi connectivity index (χ1v) is 12.8. The second kappa shape index (κ2) is 10.6. The zero-order valence-electron chi connectivity index (χ0n) is 21.8. The molecule has 0 saturated heterocycles. The molecule has 2 aromatic heterocycles. The maximum Gasteiger partial charge on any atom is 0.439 e. The van der Waals surface area contributed by atoms with Gasteiger partial charge in [-0.1, -0.05) is 29.4 Å². The van der Waals surface area contributed by atoms with Gasteiger partial charge in [0.1, 0.15) is 29.1 Å². The van der Waals surface area contributed by atoms with Crippen LogP contribution >= 0.6 is 0 Å².